The molecule has 0 radical (unpaired) electrons. The molecule has 0 fully saturated rings. The Bertz CT molecular complexity index is 212. The van der Waals surface area contributed by atoms with E-state index >= 15 is 0 Å². The van der Waals surface area contributed by atoms with Crippen LogP contribution in [0, 0.1) is 0 Å². The maximum absolute atomic E-state index is 10.4. The number of pyridine rings is 1. The Kier molecular flexibility index (Phi) is 3.04. The van der Waals surface area contributed by atoms with Crippen LogP contribution in [0.3, 0.4) is 0 Å². The molecule has 0 aliphatic carbocycles. The van der Waals surface area contributed by atoms with Gasteiger partial charge in [-0.1, -0.05) is 0 Å². The second-order valence-corrected chi connectivity index (χ2v) is 1.66. The number of aromatic amines is 1. The molecule has 4 heteroatoms. The van der Waals surface area contributed by atoms with E-state index in [-0.39, 0.29) is 4.70 Å². The zero-order valence-corrected chi connectivity index (χ0v) is 5.17. The summed E-state index contributed by atoms with van der Waals surface area (Å²) in [6.45, 7) is 0. The van der Waals surface area contributed by atoms with E-state index in [1.54, 1.807) is 24.5 Å². The van der Waals surface area contributed by atoms with Crippen molar-refractivity contribution in [2.75, 3.05) is 0 Å². The van der Waals surface area contributed by atoms with E-state index in [0.717, 1.165) is 0 Å². The van der Waals surface area contributed by atoms with Gasteiger partial charge in [-0.15, -0.1) is 0 Å². The van der Waals surface area contributed by atoms with Crippen molar-refractivity contribution in [1.82, 2.24) is 0 Å². The molecule has 0 bridgehead atoms. The van der Waals surface area contributed by atoms with E-state index in [2.05, 4.69) is 4.98 Å². The Morgan fingerprint density at radius 2 is 2.30 bits per heavy atom. The summed E-state index contributed by atoms with van der Waals surface area (Å²) in [6, 6.07) is 3.37. The number of carbonyl (C=O) groups is 1. The van der Waals surface area contributed by atoms with Gasteiger partial charge in [0.1, 0.15) is 5.56 Å². The zero-order chi connectivity index (χ0) is 6.69. The van der Waals surface area contributed by atoms with Crippen molar-refractivity contribution in [2.24, 2.45) is 5.73 Å². The van der Waals surface area contributed by atoms with Crippen LogP contribution in [0.15, 0.2) is 24.5 Å². The average Bonchev–Trinajstić information content (AvgIpc) is 1.90. The maximum atomic E-state index is 10.4. The van der Waals surface area contributed by atoms with Crippen LogP contribution in [-0.2, 0) is 0 Å². The molecule has 0 unspecified atom stereocenters. The van der Waals surface area contributed by atoms with Gasteiger partial charge in [-0.3, -0.25) is 4.79 Å². The molecule has 10 heavy (non-hydrogen) atoms. The minimum absolute atomic E-state index is 0. The standard InChI is InChI=1S/C6H6N2O.FH/c7-6(9)5-2-1-3-8-4-5;/h1-4H,(H2,7,9);1H. The quantitative estimate of drug-likeness (QED) is 0.436. The smallest absolute Gasteiger partial charge is 0.254 e. The van der Waals surface area contributed by atoms with Crippen LogP contribution in [0.1, 0.15) is 10.4 Å². The first-order chi connectivity index (χ1) is 4.30. The van der Waals surface area contributed by atoms with Crippen LogP contribution in [-0.4, -0.2) is 5.91 Å². The van der Waals surface area contributed by atoms with Crippen molar-refractivity contribution >= 4 is 5.91 Å². The molecule has 3 nitrogen and oxygen atoms in total. The van der Waals surface area contributed by atoms with Gasteiger partial charge in [0, 0.05) is 6.07 Å². The van der Waals surface area contributed by atoms with Gasteiger partial charge in [0.2, 0.25) is 0 Å². The van der Waals surface area contributed by atoms with Crippen LogP contribution in [0.4, 0.5) is 0 Å². The van der Waals surface area contributed by atoms with E-state index in [1.807, 2.05) is 0 Å². The number of H-pyrrole nitrogens is 1. The molecule has 1 amide bonds. The molecule has 1 rings (SSSR count). The summed E-state index contributed by atoms with van der Waals surface area (Å²) in [4.78, 5) is 13.1. The summed E-state index contributed by atoms with van der Waals surface area (Å²) in [6.07, 6.45) is 3.27. The largest absolute Gasteiger partial charge is 1.00 e. The molecule has 0 saturated heterocycles. The van der Waals surface area contributed by atoms with Gasteiger partial charge < -0.3 is 10.4 Å². The molecule has 1 aromatic rings. The van der Waals surface area contributed by atoms with E-state index in [9.17, 15) is 4.79 Å². The average molecular weight is 142 g/mol. The Balaban J connectivity index is 0.000000810. The van der Waals surface area contributed by atoms with E-state index in [4.69, 9.17) is 5.73 Å². The van der Waals surface area contributed by atoms with Gasteiger partial charge in [0.15, 0.2) is 12.4 Å². The van der Waals surface area contributed by atoms with Crippen LogP contribution < -0.4 is 15.4 Å². The summed E-state index contributed by atoms with van der Waals surface area (Å²) in [7, 11) is 0. The summed E-state index contributed by atoms with van der Waals surface area (Å²) < 4.78 is 0. The van der Waals surface area contributed by atoms with Gasteiger partial charge in [-0.2, -0.15) is 0 Å². The van der Waals surface area contributed by atoms with Crippen LogP contribution in [0.2, 0.25) is 0 Å². The lowest BCUT2D eigenvalue weighted by Crippen LogP contribution is -3.00. The molecule has 0 saturated carbocycles. The highest BCUT2D eigenvalue weighted by atomic mass is 19.0. The number of carbonyl (C=O) groups excluding carboxylic acids is 1. The number of rotatable bonds is 1. The molecule has 0 spiro atoms. The number of halogens is 1. The molecular weight excluding hydrogens is 135 g/mol. The molecule has 1 heterocycles. The molecule has 1 aromatic heterocycles. The van der Waals surface area contributed by atoms with Crippen molar-refractivity contribution in [3.05, 3.63) is 30.1 Å². The first-order valence-electron chi connectivity index (χ1n) is 2.56. The van der Waals surface area contributed by atoms with Crippen molar-refractivity contribution in [1.29, 1.82) is 0 Å². The number of hydrogen-bond donors (Lipinski definition) is 1. The van der Waals surface area contributed by atoms with Crippen molar-refractivity contribution < 1.29 is 14.5 Å². The SMILES string of the molecule is NC(=O)c1ccc[nH+]c1.[F-]. The van der Waals surface area contributed by atoms with Gasteiger partial charge in [0.25, 0.3) is 5.91 Å². The number of primary amides is 1. The van der Waals surface area contributed by atoms with Crippen molar-refractivity contribution in [3.8, 4) is 0 Å². The number of aromatic nitrogens is 1. The van der Waals surface area contributed by atoms with Crippen LogP contribution in [0.5, 0.6) is 0 Å². The molecule has 3 N–H and O–H groups in total. The fourth-order valence-electron chi connectivity index (χ4n) is 0.547. The first kappa shape index (κ1) is 8.55. The zero-order valence-electron chi connectivity index (χ0n) is 5.17. The normalized spacial score (nSPS) is 8.00. The predicted molar refractivity (Wildman–Crippen MR) is 31.5 cm³/mol. The number of nitrogens with one attached hydrogen (secondary N) is 1. The number of hydrogen-bond acceptors (Lipinski definition) is 1. The third kappa shape index (κ3) is 1.81. The van der Waals surface area contributed by atoms with E-state index < -0.39 is 5.91 Å². The van der Waals surface area contributed by atoms with Crippen molar-refractivity contribution in [2.45, 2.75) is 0 Å². The lowest BCUT2D eigenvalue weighted by atomic mass is 10.3. The molecular formula is C6H7FN2O. The maximum Gasteiger partial charge on any atom is 0.254 e. The molecule has 54 valence electrons. The van der Waals surface area contributed by atoms with Crippen LogP contribution in [0.25, 0.3) is 0 Å². The summed E-state index contributed by atoms with van der Waals surface area (Å²) in [5.41, 5.74) is 5.45. The fraction of sp³-hybridized carbons (Fsp3) is 0. The minimum Gasteiger partial charge on any atom is -1.00 e. The number of amides is 1. The van der Waals surface area contributed by atoms with Gasteiger partial charge >= 0.3 is 0 Å². The lowest BCUT2D eigenvalue weighted by molar-refractivity contribution is -0.378. The number of nitrogens with two attached hydrogens (primary N) is 1. The fourth-order valence-corrected chi connectivity index (χ4v) is 0.547. The van der Waals surface area contributed by atoms with E-state index in [0.29, 0.717) is 5.56 Å². The predicted octanol–water partition coefficient (Wildman–Crippen LogP) is -3.40. The van der Waals surface area contributed by atoms with Gasteiger partial charge in [-0.05, 0) is 6.07 Å². The monoisotopic (exact) mass is 142 g/mol. The highest BCUT2D eigenvalue weighted by molar-refractivity contribution is 5.92. The Morgan fingerprint density at radius 3 is 2.60 bits per heavy atom. The third-order valence-corrected chi connectivity index (χ3v) is 0.992. The third-order valence-electron chi connectivity index (χ3n) is 0.992. The lowest BCUT2D eigenvalue weighted by Gasteiger charge is -1.84. The summed E-state index contributed by atoms with van der Waals surface area (Å²) in [5, 5.41) is 0. The van der Waals surface area contributed by atoms with E-state index in [1.165, 1.54) is 0 Å². The molecule has 0 aliphatic rings. The second kappa shape index (κ2) is 3.55. The Hall–Kier alpha value is -1.45. The van der Waals surface area contributed by atoms with Crippen molar-refractivity contribution in [3.63, 3.8) is 0 Å². The Morgan fingerprint density at radius 1 is 1.60 bits per heavy atom. The topological polar surface area (TPSA) is 57.2 Å². The molecule has 0 aliphatic heterocycles. The van der Waals surface area contributed by atoms with Crippen LogP contribution >= 0.6 is 0 Å². The first-order valence-corrected chi connectivity index (χ1v) is 2.56. The summed E-state index contributed by atoms with van der Waals surface area (Å²) in [5.74, 6) is -0.410. The highest BCUT2D eigenvalue weighted by Gasteiger charge is 1.98. The molecule has 0 aromatic carbocycles. The minimum atomic E-state index is -0.410. The van der Waals surface area contributed by atoms with Gasteiger partial charge in [-0.25, -0.2) is 4.98 Å². The molecule has 0 atom stereocenters. The second-order valence-electron chi connectivity index (χ2n) is 1.66. The summed E-state index contributed by atoms with van der Waals surface area (Å²) >= 11 is 0. The highest BCUT2D eigenvalue weighted by Crippen LogP contribution is 1.88. The van der Waals surface area contributed by atoms with Gasteiger partial charge in [0.05, 0.1) is 0 Å². The Labute approximate surface area is 57.2 Å².